The average Bonchev–Trinajstić information content (AvgIpc) is 2.73. The molecule has 1 amide bonds. The summed E-state index contributed by atoms with van der Waals surface area (Å²) in [4.78, 5) is 11.9. The van der Waals surface area contributed by atoms with Gasteiger partial charge in [-0.2, -0.15) is 0 Å². The van der Waals surface area contributed by atoms with Gasteiger partial charge in [-0.3, -0.25) is 4.79 Å². The number of halogens is 1. The molecule has 0 aromatic rings. The highest BCUT2D eigenvalue weighted by molar-refractivity contribution is 5.85. The quantitative estimate of drug-likeness (QED) is 0.806. The van der Waals surface area contributed by atoms with Gasteiger partial charge in [0.05, 0.1) is 13.2 Å². The van der Waals surface area contributed by atoms with Gasteiger partial charge in [-0.25, -0.2) is 0 Å². The summed E-state index contributed by atoms with van der Waals surface area (Å²) in [7, 11) is 0. The first kappa shape index (κ1) is 14.1. The minimum atomic E-state index is 0. The maximum atomic E-state index is 11.9. The third-order valence-corrected chi connectivity index (χ3v) is 4.58. The van der Waals surface area contributed by atoms with E-state index in [1.165, 1.54) is 19.3 Å². The minimum absolute atomic E-state index is 0. The van der Waals surface area contributed by atoms with Gasteiger partial charge in [0.1, 0.15) is 0 Å². The summed E-state index contributed by atoms with van der Waals surface area (Å²) in [5.41, 5.74) is 0. The van der Waals surface area contributed by atoms with E-state index >= 15 is 0 Å². The van der Waals surface area contributed by atoms with Crippen molar-refractivity contribution < 1.29 is 9.53 Å². The molecule has 2 N–H and O–H groups in total. The molecule has 0 bridgehead atoms. The number of carbonyl (C=O) groups is 1. The van der Waals surface area contributed by atoms with Gasteiger partial charge in [0.25, 0.3) is 0 Å². The first-order chi connectivity index (χ1) is 8.33. The van der Waals surface area contributed by atoms with Gasteiger partial charge in [0.15, 0.2) is 0 Å². The van der Waals surface area contributed by atoms with E-state index in [9.17, 15) is 4.79 Å². The minimum Gasteiger partial charge on any atom is -0.381 e. The Balaban J connectivity index is 0.00000120. The zero-order valence-corrected chi connectivity index (χ0v) is 11.5. The van der Waals surface area contributed by atoms with E-state index in [1.807, 2.05) is 0 Å². The van der Waals surface area contributed by atoms with Gasteiger partial charge in [0.2, 0.25) is 5.91 Å². The predicted octanol–water partition coefficient (Wildman–Crippen LogP) is 0.949. The van der Waals surface area contributed by atoms with Crippen LogP contribution < -0.4 is 10.6 Å². The Morgan fingerprint density at radius 3 is 2.83 bits per heavy atom. The average molecular weight is 275 g/mol. The Kier molecular flexibility index (Phi) is 4.87. The Bertz CT molecular complexity index is 297. The van der Waals surface area contributed by atoms with Crippen LogP contribution in [-0.2, 0) is 9.53 Å². The van der Waals surface area contributed by atoms with Crippen LogP contribution in [0.15, 0.2) is 0 Å². The van der Waals surface area contributed by atoms with Crippen molar-refractivity contribution in [2.24, 2.45) is 17.8 Å². The van der Waals surface area contributed by atoms with Crippen LogP contribution in [0.25, 0.3) is 0 Å². The predicted molar refractivity (Wildman–Crippen MR) is 71.8 cm³/mol. The molecule has 3 rings (SSSR count). The molecule has 0 spiro atoms. The molecular formula is C13H23ClN2O2. The molecule has 5 heteroatoms. The van der Waals surface area contributed by atoms with Gasteiger partial charge in [-0.05, 0) is 43.6 Å². The Hall–Kier alpha value is -0.320. The molecule has 2 saturated heterocycles. The highest BCUT2D eigenvalue weighted by atomic mass is 35.5. The molecule has 4 nitrogen and oxygen atoms in total. The van der Waals surface area contributed by atoms with E-state index in [1.54, 1.807) is 0 Å². The molecule has 1 aliphatic carbocycles. The second-order valence-corrected chi connectivity index (χ2v) is 5.78. The summed E-state index contributed by atoms with van der Waals surface area (Å²) in [6.45, 7) is 3.76. The lowest BCUT2D eigenvalue weighted by Crippen LogP contribution is -2.43. The van der Waals surface area contributed by atoms with Crippen molar-refractivity contribution in [1.29, 1.82) is 0 Å². The van der Waals surface area contributed by atoms with Gasteiger partial charge in [-0.1, -0.05) is 0 Å². The fourth-order valence-electron chi connectivity index (χ4n) is 3.27. The lowest BCUT2D eigenvalue weighted by Gasteiger charge is -2.33. The Morgan fingerprint density at radius 2 is 2.11 bits per heavy atom. The van der Waals surface area contributed by atoms with Crippen molar-refractivity contribution in [3.05, 3.63) is 0 Å². The number of hydrogen-bond donors (Lipinski definition) is 2. The molecule has 3 aliphatic rings. The number of rotatable bonds is 3. The summed E-state index contributed by atoms with van der Waals surface area (Å²) in [6, 6.07) is 0.463. The summed E-state index contributed by atoms with van der Waals surface area (Å²) in [5.74, 6) is 1.93. The van der Waals surface area contributed by atoms with E-state index in [-0.39, 0.29) is 18.3 Å². The van der Waals surface area contributed by atoms with Crippen LogP contribution in [0.4, 0.5) is 0 Å². The molecule has 3 fully saturated rings. The topological polar surface area (TPSA) is 50.4 Å². The van der Waals surface area contributed by atoms with Crippen molar-refractivity contribution in [3.63, 3.8) is 0 Å². The molecule has 18 heavy (non-hydrogen) atoms. The van der Waals surface area contributed by atoms with Crippen LogP contribution in [0.2, 0.25) is 0 Å². The highest BCUT2D eigenvalue weighted by Crippen LogP contribution is 2.32. The van der Waals surface area contributed by atoms with E-state index < -0.39 is 0 Å². The summed E-state index contributed by atoms with van der Waals surface area (Å²) in [6.07, 6.45) is 4.26. The van der Waals surface area contributed by atoms with E-state index in [2.05, 4.69) is 10.6 Å². The van der Waals surface area contributed by atoms with Crippen LogP contribution in [0.5, 0.6) is 0 Å². The van der Waals surface area contributed by atoms with Crippen molar-refractivity contribution in [1.82, 2.24) is 10.6 Å². The van der Waals surface area contributed by atoms with Crippen LogP contribution >= 0.6 is 12.4 Å². The molecule has 104 valence electrons. The van der Waals surface area contributed by atoms with E-state index in [4.69, 9.17) is 4.74 Å². The zero-order chi connectivity index (χ0) is 11.7. The smallest absolute Gasteiger partial charge is 0.220 e. The third kappa shape index (κ3) is 2.98. The van der Waals surface area contributed by atoms with E-state index in [0.29, 0.717) is 30.2 Å². The van der Waals surface area contributed by atoms with Crippen LogP contribution in [0.3, 0.4) is 0 Å². The number of fused-ring (bicyclic) bond motifs is 1. The largest absolute Gasteiger partial charge is 0.381 e. The second-order valence-electron chi connectivity index (χ2n) is 5.78. The first-order valence-electron chi connectivity index (χ1n) is 6.91. The molecule has 1 saturated carbocycles. The van der Waals surface area contributed by atoms with Crippen LogP contribution in [0.1, 0.15) is 25.7 Å². The molecule has 0 aromatic heterocycles. The molecule has 3 atom stereocenters. The van der Waals surface area contributed by atoms with Crippen molar-refractivity contribution in [3.8, 4) is 0 Å². The maximum absolute atomic E-state index is 11.9. The standard InChI is InChI=1S/C13H22N2O2.ClH/c16-13(15-11-2-1-3-11)4-9-7-17-8-10-5-14-6-12(9)10;/h9-12,14H,1-8H2,(H,15,16);1H/t9-,10-,12+;/m1./s1. The second kappa shape index (κ2) is 6.22. The van der Waals surface area contributed by atoms with Crippen molar-refractivity contribution >= 4 is 18.3 Å². The number of nitrogens with one attached hydrogen (secondary N) is 2. The number of hydrogen-bond acceptors (Lipinski definition) is 3. The molecule has 2 heterocycles. The SMILES string of the molecule is Cl.O=C(C[C@@H]1COC[C@H]2CNC[C@H]21)NC1CCC1. The van der Waals surface area contributed by atoms with Gasteiger partial charge in [-0.15, -0.1) is 12.4 Å². The number of amides is 1. The molecule has 0 aromatic carbocycles. The van der Waals surface area contributed by atoms with Crippen molar-refractivity contribution in [2.75, 3.05) is 26.3 Å². The fraction of sp³-hybridized carbons (Fsp3) is 0.923. The Labute approximate surface area is 115 Å². The van der Waals surface area contributed by atoms with Gasteiger partial charge in [0, 0.05) is 19.0 Å². The normalized spacial score (nSPS) is 35.2. The zero-order valence-electron chi connectivity index (χ0n) is 10.7. The summed E-state index contributed by atoms with van der Waals surface area (Å²) < 4.78 is 5.62. The van der Waals surface area contributed by atoms with Gasteiger partial charge < -0.3 is 15.4 Å². The van der Waals surface area contributed by atoms with Crippen molar-refractivity contribution in [2.45, 2.75) is 31.7 Å². The van der Waals surface area contributed by atoms with Gasteiger partial charge >= 0.3 is 0 Å². The third-order valence-electron chi connectivity index (χ3n) is 4.58. The molecule has 0 radical (unpaired) electrons. The lowest BCUT2D eigenvalue weighted by atomic mass is 9.80. The van der Waals surface area contributed by atoms with E-state index in [0.717, 1.165) is 26.3 Å². The molecule has 2 aliphatic heterocycles. The van der Waals surface area contributed by atoms with Crippen LogP contribution in [-0.4, -0.2) is 38.3 Å². The summed E-state index contributed by atoms with van der Waals surface area (Å²) in [5, 5.41) is 6.55. The highest BCUT2D eigenvalue weighted by Gasteiger charge is 2.38. The van der Waals surface area contributed by atoms with Crippen LogP contribution in [0, 0.1) is 17.8 Å². The lowest BCUT2D eigenvalue weighted by molar-refractivity contribution is -0.125. The molecular weight excluding hydrogens is 252 g/mol. The fourth-order valence-corrected chi connectivity index (χ4v) is 3.27. The Morgan fingerprint density at radius 1 is 1.28 bits per heavy atom. The maximum Gasteiger partial charge on any atom is 0.220 e. The monoisotopic (exact) mass is 274 g/mol. The molecule has 0 unspecified atom stereocenters. The first-order valence-corrected chi connectivity index (χ1v) is 6.91. The number of carbonyl (C=O) groups excluding carboxylic acids is 1. The number of ether oxygens (including phenoxy) is 1. The summed E-state index contributed by atoms with van der Waals surface area (Å²) >= 11 is 0.